The van der Waals surface area contributed by atoms with Gasteiger partial charge in [-0.3, -0.25) is 4.79 Å². The van der Waals surface area contributed by atoms with Crippen molar-refractivity contribution in [2.45, 2.75) is 0 Å². The Hall–Kier alpha value is -2.38. The number of anilines is 2. The number of rotatable bonds is 4. The number of imidazole rings is 1. The van der Waals surface area contributed by atoms with Crippen molar-refractivity contribution < 1.29 is 4.79 Å². The first-order chi connectivity index (χ1) is 8.65. The first kappa shape index (κ1) is 12.1. The Kier molecular flexibility index (Phi) is 3.26. The summed E-state index contributed by atoms with van der Waals surface area (Å²) in [5.74, 6) is 1.01. The van der Waals surface area contributed by atoms with E-state index in [1.807, 2.05) is 0 Å². The second kappa shape index (κ2) is 4.86. The van der Waals surface area contributed by atoms with Crippen LogP contribution in [0.3, 0.4) is 0 Å². The summed E-state index contributed by atoms with van der Waals surface area (Å²) in [6.45, 7) is 0.213. The fourth-order valence-corrected chi connectivity index (χ4v) is 1.58. The van der Waals surface area contributed by atoms with Gasteiger partial charge in [-0.25, -0.2) is 4.98 Å². The fraction of sp³-hybridized carbons (Fsp3) is 0.400. The van der Waals surface area contributed by atoms with Crippen LogP contribution >= 0.6 is 0 Å². The highest BCUT2D eigenvalue weighted by Crippen LogP contribution is 2.21. The van der Waals surface area contributed by atoms with Crippen LogP contribution in [0.5, 0.6) is 0 Å². The van der Waals surface area contributed by atoms with Crippen molar-refractivity contribution >= 4 is 28.8 Å². The average molecular weight is 249 g/mol. The third-order valence-corrected chi connectivity index (χ3v) is 2.51. The molecule has 0 radical (unpaired) electrons. The minimum atomic E-state index is -0.0882. The molecule has 0 unspecified atom stereocenters. The third-order valence-electron chi connectivity index (χ3n) is 2.51. The van der Waals surface area contributed by atoms with Gasteiger partial charge in [0.1, 0.15) is 5.52 Å². The number of H-pyrrole nitrogens is 1. The highest BCUT2D eigenvalue weighted by Gasteiger charge is 2.14. The number of hydrogen-bond donors (Lipinski definition) is 3. The van der Waals surface area contributed by atoms with Crippen molar-refractivity contribution in [1.82, 2.24) is 25.3 Å². The first-order valence-corrected chi connectivity index (χ1v) is 5.46. The van der Waals surface area contributed by atoms with E-state index in [0.29, 0.717) is 22.9 Å². The van der Waals surface area contributed by atoms with Crippen LogP contribution in [0.25, 0.3) is 11.2 Å². The van der Waals surface area contributed by atoms with Crippen molar-refractivity contribution in [3.63, 3.8) is 0 Å². The molecule has 0 spiro atoms. The van der Waals surface area contributed by atoms with Crippen LogP contribution in [0.4, 0.5) is 11.8 Å². The SMILES string of the molecule is CNC(=O)CN(C)c1nc(NC)nc2nc[nH]c12. The Labute approximate surface area is 104 Å². The molecule has 0 aromatic carbocycles. The lowest BCUT2D eigenvalue weighted by Gasteiger charge is -2.17. The molecule has 0 saturated carbocycles. The van der Waals surface area contributed by atoms with E-state index in [1.54, 1.807) is 32.4 Å². The zero-order chi connectivity index (χ0) is 13.1. The quantitative estimate of drug-likeness (QED) is 0.680. The molecule has 1 amide bonds. The number of aromatic amines is 1. The lowest BCUT2D eigenvalue weighted by molar-refractivity contribution is -0.119. The Morgan fingerprint density at radius 2 is 2.22 bits per heavy atom. The summed E-state index contributed by atoms with van der Waals surface area (Å²) in [5.41, 5.74) is 1.27. The van der Waals surface area contributed by atoms with Gasteiger partial charge in [0.25, 0.3) is 0 Å². The summed E-state index contributed by atoms with van der Waals surface area (Å²) in [4.78, 5) is 28.7. The maximum Gasteiger partial charge on any atom is 0.239 e. The smallest absolute Gasteiger partial charge is 0.239 e. The third kappa shape index (κ3) is 2.17. The fourth-order valence-electron chi connectivity index (χ4n) is 1.58. The minimum Gasteiger partial charge on any atom is -0.358 e. The topological polar surface area (TPSA) is 98.8 Å². The maximum absolute atomic E-state index is 11.4. The first-order valence-electron chi connectivity index (χ1n) is 5.46. The molecular formula is C10H15N7O. The lowest BCUT2D eigenvalue weighted by atomic mass is 10.4. The number of fused-ring (bicyclic) bond motifs is 1. The number of nitrogens with one attached hydrogen (secondary N) is 3. The van der Waals surface area contributed by atoms with Crippen molar-refractivity contribution in [1.29, 1.82) is 0 Å². The molecule has 3 N–H and O–H groups in total. The number of amides is 1. The molecule has 2 heterocycles. The molecule has 2 aromatic rings. The number of carbonyl (C=O) groups excluding carboxylic acids is 1. The minimum absolute atomic E-state index is 0.0882. The van der Waals surface area contributed by atoms with Crippen molar-refractivity contribution in [3.05, 3.63) is 6.33 Å². The van der Waals surface area contributed by atoms with Crippen molar-refractivity contribution in [2.24, 2.45) is 0 Å². The molecule has 0 saturated heterocycles. The van der Waals surface area contributed by atoms with Crippen LogP contribution in [-0.4, -0.2) is 53.5 Å². The van der Waals surface area contributed by atoms with Crippen LogP contribution in [0.2, 0.25) is 0 Å². The van der Waals surface area contributed by atoms with Gasteiger partial charge in [0.15, 0.2) is 11.5 Å². The monoisotopic (exact) mass is 249 g/mol. The standard InChI is InChI=1S/C10H15N7O/c1-11-6(18)4-17(3)9-7-8(14-5-13-7)15-10(12-2)16-9/h5H,4H2,1-3H3,(H,11,18)(H2,12,13,14,15,16). The van der Waals surface area contributed by atoms with Crippen LogP contribution in [0, 0.1) is 0 Å². The van der Waals surface area contributed by atoms with E-state index in [4.69, 9.17) is 0 Å². The predicted octanol–water partition coefficient (Wildman–Crippen LogP) is -0.423. The van der Waals surface area contributed by atoms with Gasteiger partial charge < -0.3 is 20.5 Å². The summed E-state index contributed by atoms with van der Waals surface area (Å²) < 4.78 is 0. The molecule has 18 heavy (non-hydrogen) atoms. The van der Waals surface area contributed by atoms with E-state index in [-0.39, 0.29) is 12.5 Å². The van der Waals surface area contributed by atoms with E-state index < -0.39 is 0 Å². The Morgan fingerprint density at radius 1 is 1.44 bits per heavy atom. The van der Waals surface area contributed by atoms with Gasteiger partial charge in [0.05, 0.1) is 12.9 Å². The number of nitrogens with zero attached hydrogens (tertiary/aromatic N) is 4. The molecule has 8 nitrogen and oxygen atoms in total. The lowest BCUT2D eigenvalue weighted by Crippen LogP contribution is -2.33. The van der Waals surface area contributed by atoms with Gasteiger partial charge >= 0.3 is 0 Å². The number of aromatic nitrogens is 4. The van der Waals surface area contributed by atoms with Gasteiger partial charge in [-0.2, -0.15) is 9.97 Å². The van der Waals surface area contributed by atoms with Crippen LogP contribution in [0.15, 0.2) is 6.33 Å². The highest BCUT2D eigenvalue weighted by atomic mass is 16.1. The summed E-state index contributed by atoms with van der Waals surface area (Å²) in [6.07, 6.45) is 1.55. The van der Waals surface area contributed by atoms with Gasteiger partial charge in [-0.05, 0) is 0 Å². The van der Waals surface area contributed by atoms with E-state index in [0.717, 1.165) is 0 Å². The molecule has 0 fully saturated rings. The summed E-state index contributed by atoms with van der Waals surface area (Å²) >= 11 is 0. The average Bonchev–Trinajstić information content (AvgIpc) is 2.85. The normalized spacial score (nSPS) is 10.4. The zero-order valence-corrected chi connectivity index (χ0v) is 10.5. The molecule has 96 valence electrons. The van der Waals surface area contributed by atoms with E-state index in [1.165, 1.54) is 0 Å². The van der Waals surface area contributed by atoms with Crippen LogP contribution in [-0.2, 0) is 4.79 Å². The number of carbonyl (C=O) groups is 1. The molecular weight excluding hydrogens is 234 g/mol. The molecule has 0 atom stereocenters. The van der Waals surface area contributed by atoms with Crippen LogP contribution in [0.1, 0.15) is 0 Å². The summed E-state index contributed by atoms with van der Waals surface area (Å²) in [7, 11) is 5.12. The van der Waals surface area contributed by atoms with Gasteiger partial charge in [0, 0.05) is 21.1 Å². The van der Waals surface area contributed by atoms with E-state index in [9.17, 15) is 4.79 Å². The highest BCUT2D eigenvalue weighted by molar-refractivity contribution is 5.87. The second-order valence-electron chi connectivity index (χ2n) is 3.75. The molecule has 0 aliphatic carbocycles. The molecule has 2 aromatic heterocycles. The Bertz CT molecular complexity index is 564. The zero-order valence-electron chi connectivity index (χ0n) is 10.5. The number of likely N-dealkylation sites (N-methyl/N-ethyl adjacent to an activating group) is 2. The van der Waals surface area contributed by atoms with Crippen LogP contribution < -0.4 is 15.5 Å². The molecule has 8 heteroatoms. The van der Waals surface area contributed by atoms with Gasteiger partial charge in [0.2, 0.25) is 11.9 Å². The van der Waals surface area contributed by atoms with Gasteiger partial charge in [-0.15, -0.1) is 0 Å². The Morgan fingerprint density at radius 3 is 2.89 bits per heavy atom. The molecule has 0 aliphatic rings. The predicted molar refractivity (Wildman–Crippen MR) is 68.6 cm³/mol. The molecule has 2 rings (SSSR count). The second-order valence-corrected chi connectivity index (χ2v) is 3.75. The molecule has 0 bridgehead atoms. The summed E-state index contributed by atoms with van der Waals surface area (Å²) in [6, 6.07) is 0. The number of hydrogen-bond acceptors (Lipinski definition) is 6. The largest absolute Gasteiger partial charge is 0.358 e. The van der Waals surface area contributed by atoms with E-state index in [2.05, 4.69) is 30.6 Å². The van der Waals surface area contributed by atoms with Gasteiger partial charge in [-0.1, -0.05) is 0 Å². The van der Waals surface area contributed by atoms with Crippen molar-refractivity contribution in [3.8, 4) is 0 Å². The molecule has 0 aliphatic heterocycles. The Balaban J connectivity index is 2.41. The van der Waals surface area contributed by atoms with E-state index >= 15 is 0 Å². The summed E-state index contributed by atoms with van der Waals surface area (Å²) in [5, 5.41) is 5.44. The maximum atomic E-state index is 11.4. The van der Waals surface area contributed by atoms with Crippen molar-refractivity contribution in [2.75, 3.05) is 37.9 Å².